The summed E-state index contributed by atoms with van der Waals surface area (Å²) in [4.78, 5) is 28.9. The average Bonchev–Trinajstić information content (AvgIpc) is 2.75. The Kier molecular flexibility index (Phi) is 7.12. The molecule has 6 heteroatoms. The second kappa shape index (κ2) is 9.75. The van der Waals surface area contributed by atoms with Gasteiger partial charge < -0.3 is 10.6 Å². The first-order valence-corrected chi connectivity index (χ1v) is 10.5. The van der Waals surface area contributed by atoms with Crippen LogP contribution in [0, 0.1) is 5.92 Å². The standard InChI is InChI=1S/C22H27N3O2S/c1-16(25-14-12-17(13-15-25)22(27)23-2)21(26)24-19-10-6-7-11-20(19)28-18-8-4-3-5-9-18/h3-11,16-17H,12-15H2,1-2H3,(H,23,27)(H,24,26). The van der Waals surface area contributed by atoms with Crippen LogP contribution in [0.5, 0.6) is 0 Å². The summed E-state index contributed by atoms with van der Waals surface area (Å²) in [7, 11) is 1.68. The molecule has 1 saturated heterocycles. The molecule has 3 rings (SSSR count). The molecule has 1 aliphatic rings. The molecule has 28 heavy (non-hydrogen) atoms. The average molecular weight is 398 g/mol. The highest BCUT2D eigenvalue weighted by Crippen LogP contribution is 2.33. The fraction of sp³-hybridized carbons (Fsp3) is 0.364. The Balaban J connectivity index is 1.61. The van der Waals surface area contributed by atoms with Crippen molar-refractivity contribution < 1.29 is 9.59 Å². The van der Waals surface area contributed by atoms with Crippen molar-refractivity contribution in [1.29, 1.82) is 0 Å². The minimum absolute atomic E-state index is 0.0143. The molecule has 0 saturated carbocycles. The molecule has 1 heterocycles. The van der Waals surface area contributed by atoms with Gasteiger partial charge >= 0.3 is 0 Å². The molecule has 0 aliphatic carbocycles. The Bertz CT molecular complexity index is 804. The first kappa shape index (κ1) is 20.4. The van der Waals surface area contributed by atoms with Gasteiger partial charge in [-0.3, -0.25) is 14.5 Å². The molecule has 2 N–H and O–H groups in total. The van der Waals surface area contributed by atoms with Gasteiger partial charge in [0.05, 0.1) is 11.7 Å². The molecule has 0 aromatic heterocycles. The summed E-state index contributed by atoms with van der Waals surface area (Å²) in [5.74, 6) is 0.141. The normalized spacial score (nSPS) is 16.4. The second-order valence-electron chi connectivity index (χ2n) is 7.00. The number of hydrogen-bond donors (Lipinski definition) is 2. The van der Waals surface area contributed by atoms with Crippen LogP contribution < -0.4 is 10.6 Å². The lowest BCUT2D eigenvalue weighted by Gasteiger charge is -2.34. The van der Waals surface area contributed by atoms with E-state index in [1.54, 1.807) is 18.8 Å². The van der Waals surface area contributed by atoms with E-state index < -0.39 is 0 Å². The Morgan fingerprint density at radius 2 is 1.68 bits per heavy atom. The third-order valence-electron chi connectivity index (χ3n) is 5.19. The monoisotopic (exact) mass is 397 g/mol. The number of amides is 2. The molecular formula is C22H27N3O2S. The first-order valence-electron chi connectivity index (χ1n) is 9.67. The number of para-hydroxylation sites is 1. The van der Waals surface area contributed by atoms with Crippen LogP contribution in [0.3, 0.4) is 0 Å². The SMILES string of the molecule is CNC(=O)C1CCN(C(C)C(=O)Nc2ccccc2Sc2ccccc2)CC1. The van der Waals surface area contributed by atoms with Gasteiger partial charge in [0.15, 0.2) is 0 Å². The van der Waals surface area contributed by atoms with E-state index in [1.807, 2.05) is 49.4 Å². The molecule has 1 fully saturated rings. The van der Waals surface area contributed by atoms with E-state index in [9.17, 15) is 9.59 Å². The van der Waals surface area contributed by atoms with Gasteiger partial charge in [0.1, 0.15) is 0 Å². The number of rotatable bonds is 6. The van der Waals surface area contributed by atoms with Gasteiger partial charge in [-0.05, 0) is 57.1 Å². The number of likely N-dealkylation sites (tertiary alicyclic amines) is 1. The highest BCUT2D eigenvalue weighted by Gasteiger charge is 2.29. The van der Waals surface area contributed by atoms with Crippen LogP contribution in [0.25, 0.3) is 0 Å². The lowest BCUT2D eigenvalue weighted by molar-refractivity contribution is -0.126. The van der Waals surface area contributed by atoms with Crippen LogP contribution in [-0.4, -0.2) is 42.9 Å². The fourth-order valence-corrected chi connectivity index (χ4v) is 4.35. The third-order valence-corrected chi connectivity index (χ3v) is 6.27. The van der Waals surface area contributed by atoms with Crippen LogP contribution in [0.2, 0.25) is 0 Å². The summed E-state index contributed by atoms with van der Waals surface area (Å²) in [5, 5.41) is 5.81. The van der Waals surface area contributed by atoms with Crippen molar-refractivity contribution in [2.24, 2.45) is 5.92 Å². The number of nitrogens with one attached hydrogen (secondary N) is 2. The molecule has 1 unspecified atom stereocenters. The van der Waals surface area contributed by atoms with Crippen LogP contribution in [-0.2, 0) is 9.59 Å². The summed E-state index contributed by atoms with van der Waals surface area (Å²) in [6.45, 7) is 3.45. The summed E-state index contributed by atoms with van der Waals surface area (Å²) in [6, 6.07) is 17.8. The van der Waals surface area contributed by atoms with Gasteiger partial charge in [0.2, 0.25) is 11.8 Å². The van der Waals surface area contributed by atoms with Gasteiger partial charge in [-0.2, -0.15) is 0 Å². The maximum Gasteiger partial charge on any atom is 0.241 e. The molecular weight excluding hydrogens is 370 g/mol. The zero-order chi connectivity index (χ0) is 19.9. The number of benzene rings is 2. The molecule has 0 radical (unpaired) electrons. The third kappa shape index (κ3) is 5.14. The van der Waals surface area contributed by atoms with E-state index in [4.69, 9.17) is 0 Å². The van der Waals surface area contributed by atoms with Gasteiger partial charge in [-0.25, -0.2) is 0 Å². The predicted octanol–water partition coefficient (Wildman–Crippen LogP) is 3.62. The topological polar surface area (TPSA) is 61.4 Å². The van der Waals surface area contributed by atoms with Crippen LogP contribution in [0.15, 0.2) is 64.4 Å². The van der Waals surface area contributed by atoms with Crippen LogP contribution >= 0.6 is 11.8 Å². The van der Waals surface area contributed by atoms with E-state index in [-0.39, 0.29) is 23.8 Å². The highest BCUT2D eigenvalue weighted by atomic mass is 32.2. The van der Waals surface area contributed by atoms with Gasteiger partial charge in [0, 0.05) is 22.8 Å². The van der Waals surface area contributed by atoms with Gasteiger partial charge in [-0.15, -0.1) is 0 Å². The molecule has 2 aromatic rings. The summed E-state index contributed by atoms with van der Waals surface area (Å²) in [5.41, 5.74) is 0.827. The second-order valence-corrected chi connectivity index (χ2v) is 8.12. The van der Waals surface area contributed by atoms with Crippen molar-refractivity contribution in [2.45, 2.75) is 35.6 Å². The number of nitrogens with zero attached hydrogens (tertiary/aromatic N) is 1. The largest absolute Gasteiger partial charge is 0.359 e. The molecule has 5 nitrogen and oxygen atoms in total. The predicted molar refractivity (Wildman–Crippen MR) is 113 cm³/mol. The Hall–Kier alpha value is -2.31. The zero-order valence-corrected chi connectivity index (χ0v) is 17.2. The Morgan fingerprint density at radius 1 is 1.04 bits per heavy atom. The van der Waals surface area contributed by atoms with E-state index in [0.29, 0.717) is 0 Å². The molecule has 2 aromatic carbocycles. The molecule has 2 amide bonds. The maximum absolute atomic E-state index is 12.8. The molecule has 1 aliphatic heterocycles. The quantitative estimate of drug-likeness (QED) is 0.782. The van der Waals surface area contributed by atoms with E-state index in [1.165, 1.54) is 0 Å². The number of piperidine rings is 1. The smallest absolute Gasteiger partial charge is 0.241 e. The van der Waals surface area contributed by atoms with Crippen molar-refractivity contribution in [2.75, 3.05) is 25.5 Å². The lowest BCUT2D eigenvalue weighted by Crippen LogP contribution is -2.47. The van der Waals surface area contributed by atoms with Crippen LogP contribution in [0.4, 0.5) is 5.69 Å². The van der Waals surface area contributed by atoms with E-state index >= 15 is 0 Å². The summed E-state index contributed by atoms with van der Waals surface area (Å²) < 4.78 is 0. The number of hydrogen-bond acceptors (Lipinski definition) is 4. The van der Waals surface area contributed by atoms with Crippen molar-refractivity contribution in [3.63, 3.8) is 0 Å². The van der Waals surface area contributed by atoms with Crippen molar-refractivity contribution in [1.82, 2.24) is 10.2 Å². The minimum Gasteiger partial charge on any atom is -0.359 e. The van der Waals surface area contributed by atoms with Crippen molar-refractivity contribution >= 4 is 29.3 Å². The number of carbonyl (C=O) groups excluding carboxylic acids is 2. The van der Waals surface area contributed by atoms with E-state index in [0.717, 1.165) is 41.4 Å². The van der Waals surface area contributed by atoms with Gasteiger partial charge in [-0.1, -0.05) is 42.1 Å². The molecule has 1 atom stereocenters. The first-order chi connectivity index (χ1) is 13.6. The fourth-order valence-electron chi connectivity index (χ4n) is 3.43. The van der Waals surface area contributed by atoms with E-state index in [2.05, 4.69) is 27.7 Å². The zero-order valence-electron chi connectivity index (χ0n) is 16.4. The Morgan fingerprint density at radius 3 is 2.36 bits per heavy atom. The molecule has 148 valence electrons. The lowest BCUT2D eigenvalue weighted by atomic mass is 9.95. The number of carbonyl (C=O) groups is 2. The molecule has 0 spiro atoms. The van der Waals surface area contributed by atoms with Crippen molar-refractivity contribution in [3.8, 4) is 0 Å². The maximum atomic E-state index is 12.8. The minimum atomic E-state index is -0.236. The van der Waals surface area contributed by atoms with Crippen LogP contribution in [0.1, 0.15) is 19.8 Å². The summed E-state index contributed by atoms with van der Waals surface area (Å²) >= 11 is 1.64. The Labute approximate surface area is 170 Å². The van der Waals surface area contributed by atoms with Gasteiger partial charge in [0.25, 0.3) is 0 Å². The van der Waals surface area contributed by atoms with Crippen molar-refractivity contribution in [3.05, 3.63) is 54.6 Å². The summed E-state index contributed by atoms with van der Waals surface area (Å²) in [6.07, 6.45) is 1.58. The molecule has 0 bridgehead atoms. The number of anilines is 1. The highest BCUT2D eigenvalue weighted by molar-refractivity contribution is 7.99.